The molecule has 10 nitrogen and oxygen atoms in total. The number of para-hydroxylation sites is 1. The molecule has 0 spiro atoms. The molecular weight excluding hydrogens is 590 g/mol. The van der Waals surface area contributed by atoms with Gasteiger partial charge in [-0.1, -0.05) is 85.4 Å². The van der Waals surface area contributed by atoms with Gasteiger partial charge in [-0.05, 0) is 58.0 Å². The number of aromatic nitrogens is 4. The third-order valence-electron chi connectivity index (χ3n) is 8.14. The Labute approximate surface area is 263 Å². The molecule has 4 atom stereocenters. The van der Waals surface area contributed by atoms with E-state index in [4.69, 9.17) is 9.47 Å². The second-order valence-electron chi connectivity index (χ2n) is 10.9. The van der Waals surface area contributed by atoms with E-state index in [1.807, 2.05) is 60.7 Å². The van der Waals surface area contributed by atoms with Crippen molar-refractivity contribution < 1.29 is 24.2 Å². The van der Waals surface area contributed by atoms with Crippen molar-refractivity contribution in [1.29, 1.82) is 0 Å². The third kappa shape index (κ3) is 5.55. The summed E-state index contributed by atoms with van der Waals surface area (Å²) in [6.45, 7) is 2.04. The molecule has 2 aliphatic rings. The summed E-state index contributed by atoms with van der Waals surface area (Å²) >= 11 is 1.49. The number of aliphatic hydroxyl groups is 1. The standard InChI is InChI=1S/C34H29N5O5S/c1-21-29(20-45-34-35-36-37-39(34)25-9-3-2-4-10-25)43-33(44-30(21)23-16-14-22(19-40)15-17-23)24-8-7-11-26(18-24)38-31(41)27-12-5-6-13-28(27)32(38)42/h2-18,21,29-30,33,40H,19-20H2,1H3/t21-,29+,30+,33+/m0/s1. The van der Waals surface area contributed by atoms with Gasteiger partial charge in [-0.2, -0.15) is 4.68 Å². The summed E-state index contributed by atoms with van der Waals surface area (Å²) in [6.07, 6.45) is -1.40. The fraction of sp³-hybridized carbons (Fsp3) is 0.206. The lowest BCUT2D eigenvalue weighted by molar-refractivity contribution is -0.268. The van der Waals surface area contributed by atoms with E-state index in [2.05, 4.69) is 22.4 Å². The second-order valence-corrected chi connectivity index (χ2v) is 11.9. The first-order chi connectivity index (χ1) is 22.0. The van der Waals surface area contributed by atoms with Crippen molar-refractivity contribution in [2.75, 3.05) is 10.7 Å². The largest absolute Gasteiger partial charge is 0.392 e. The highest BCUT2D eigenvalue weighted by Gasteiger charge is 2.40. The average Bonchev–Trinajstić information content (AvgIpc) is 3.66. The molecule has 2 amide bonds. The van der Waals surface area contributed by atoms with Gasteiger partial charge in [0.25, 0.3) is 11.8 Å². The first-order valence-electron chi connectivity index (χ1n) is 14.6. The summed E-state index contributed by atoms with van der Waals surface area (Å²) in [5.74, 6) is -0.246. The maximum atomic E-state index is 13.2. The van der Waals surface area contributed by atoms with Crippen LogP contribution in [0, 0.1) is 5.92 Å². The zero-order chi connectivity index (χ0) is 30.9. The number of aliphatic hydroxyl groups excluding tert-OH is 1. The monoisotopic (exact) mass is 619 g/mol. The van der Waals surface area contributed by atoms with Crippen molar-refractivity contribution >= 4 is 29.3 Å². The van der Waals surface area contributed by atoms with Gasteiger partial charge in [0.2, 0.25) is 5.16 Å². The molecule has 0 radical (unpaired) electrons. The van der Waals surface area contributed by atoms with Crippen molar-refractivity contribution in [3.05, 3.63) is 131 Å². The highest BCUT2D eigenvalue weighted by atomic mass is 32.2. The van der Waals surface area contributed by atoms with Gasteiger partial charge in [0, 0.05) is 17.2 Å². The summed E-state index contributed by atoms with van der Waals surface area (Å²) in [4.78, 5) is 27.6. The van der Waals surface area contributed by atoms with Gasteiger partial charge in [0.05, 0.1) is 41.3 Å². The molecule has 5 aromatic rings. The number of rotatable bonds is 8. The minimum atomic E-state index is -0.783. The molecule has 11 heteroatoms. The van der Waals surface area contributed by atoms with E-state index in [0.717, 1.165) is 16.8 Å². The van der Waals surface area contributed by atoms with Crippen molar-refractivity contribution in [1.82, 2.24) is 20.2 Å². The fourth-order valence-corrected chi connectivity index (χ4v) is 6.75. The number of carbonyl (C=O) groups is 2. The maximum absolute atomic E-state index is 13.2. The predicted molar refractivity (Wildman–Crippen MR) is 167 cm³/mol. The number of imide groups is 1. The lowest BCUT2D eigenvalue weighted by Gasteiger charge is -2.41. The number of ether oxygens (including phenoxy) is 2. The Bertz CT molecular complexity index is 1810. The number of tetrazole rings is 1. The molecule has 3 heterocycles. The van der Waals surface area contributed by atoms with Crippen molar-refractivity contribution in [2.24, 2.45) is 5.92 Å². The number of hydrogen-bond acceptors (Lipinski definition) is 9. The minimum absolute atomic E-state index is 0.0485. The van der Waals surface area contributed by atoms with Crippen molar-refractivity contribution in [3.8, 4) is 5.69 Å². The molecule has 226 valence electrons. The first-order valence-corrected chi connectivity index (χ1v) is 15.6. The van der Waals surface area contributed by atoms with Crippen LogP contribution >= 0.6 is 11.8 Å². The lowest BCUT2D eigenvalue weighted by atomic mass is 9.91. The summed E-state index contributed by atoms with van der Waals surface area (Å²) in [5, 5.41) is 22.5. The summed E-state index contributed by atoms with van der Waals surface area (Å²) in [5.41, 5.74) is 4.51. The number of nitrogens with zero attached hydrogens (tertiary/aromatic N) is 5. The molecule has 0 saturated carbocycles. The predicted octanol–water partition coefficient (Wildman–Crippen LogP) is 5.54. The molecule has 7 rings (SSSR count). The molecule has 0 bridgehead atoms. The Morgan fingerprint density at radius 2 is 1.49 bits per heavy atom. The van der Waals surface area contributed by atoms with E-state index < -0.39 is 6.29 Å². The van der Waals surface area contributed by atoms with E-state index in [9.17, 15) is 14.7 Å². The Morgan fingerprint density at radius 1 is 0.800 bits per heavy atom. The Balaban J connectivity index is 1.18. The molecule has 2 aliphatic heterocycles. The van der Waals surface area contributed by atoms with E-state index >= 15 is 0 Å². The number of amides is 2. The second kappa shape index (κ2) is 12.4. The summed E-state index contributed by atoms with van der Waals surface area (Å²) in [7, 11) is 0. The summed E-state index contributed by atoms with van der Waals surface area (Å²) in [6, 6.07) is 31.4. The van der Waals surface area contributed by atoms with Crippen LogP contribution in [-0.2, 0) is 16.1 Å². The molecule has 45 heavy (non-hydrogen) atoms. The average molecular weight is 620 g/mol. The molecule has 1 fully saturated rings. The molecular formula is C34H29N5O5S. The maximum Gasteiger partial charge on any atom is 0.266 e. The normalized spacial score (nSPS) is 21.2. The summed E-state index contributed by atoms with van der Waals surface area (Å²) < 4.78 is 14.9. The van der Waals surface area contributed by atoms with Gasteiger partial charge < -0.3 is 14.6 Å². The van der Waals surface area contributed by atoms with Crippen LogP contribution in [0.1, 0.15) is 56.7 Å². The van der Waals surface area contributed by atoms with Crippen LogP contribution in [0.15, 0.2) is 108 Å². The van der Waals surface area contributed by atoms with Gasteiger partial charge in [0.15, 0.2) is 6.29 Å². The zero-order valence-electron chi connectivity index (χ0n) is 24.3. The van der Waals surface area contributed by atoms with Gasteiger partial charge in [-0.3, -0.25) is 9.59 Å². The number of carbonyl (C=O) groups excluding carboxylic acids is 2. The zero-order valence-corrected chi connectivity index (χ0v) is 25.1. The Kier molecular flexibility index (Phi) is 7.99. The molecule has 1 saturated heterocycles. The number of hydrogen-bond donors (Lipinski definition) is 1. The van der Waals surface area contributed by atoms with E-state index in [-0.39, 0.29) is 36.5 Å². The smallest absolute Gasteiger partial charge is 0.266 e. The molecule has 0 unspecified atom stereocenters. The molecule has 4 aromatic carbocycles. The van der Waals surface area contributed by atoms with Crippen LogP contribution in [0.5, 0.6) is 0 Å². The quantitative estimate of drug-likeness (QED) is 0.176. The topological polar surface area (TPSA) is 120 Å². The van der Waals surface area contributed by atoms with Crippen LogP contribution in [0.2, 0.25) is 0 Å². The Hall–Kier alpha value is -4.68. The number of fused-ring (bicyclic) bond motifs is 1. The SMILES string of the molecule is C[C@H]1[C@@H](CSc2nnnn2-c2ccccc2)O[C@@H](c2cccc(N3C(=O)c4ccccc4C3=O)c2)O[C@H]1c1ccc(CO)cc1. The third-order valence-corrected chi connectivity index (χ3v) is 9.14. The van der Waals surface area contributed by atoms with Crippen LogP contribution in [0.25, 0.3) is 5.69 Å². The van der Waals surface area contributed by atoms with Gasteiger partial charge in [-0.15, -0.1) is 5.10 Å². The van der Waals surface area contributed by atoms with Crippen molar-refractivity contribution in [3.63, 3.8) is 0 Å². The highest BCUT2D eigenvalue weighted by molar-refractivity contribution is 7.99. The van der Waals surface area contributed by atoms with Crippen LogP contribution < -0.4 is 4.90 Å². The molecule has 1 aromatic heterocycles. The number of benzene rings is 4. The van der Waals surface area contributed by atoms with E-state index in [0.29, 0.717) is 33.3 Å². The van der Waals surface area contributed by atoms with Gasteiger partial charge in [-0.25, -0.2) is 4.90 Å². The fourth-order valence-electron chi connectivity index (χ4n) is 5.70. The number of anilines is 1. The van der Waals surface area contributed by atoms with E-state index in [1.165, 1.54) is 16.7 Å². The van der Waals surface area contributed by atoms with Crippen LogP contribution in [0.3, 0.4) is 0 Å². The van der Waals surface area contributed by atoms with Crippen LogP contribution in [0.4, 0.5) is 5.69 Å². The van der Waals surface area contributed by atoms with Gasteiger partial charge in [0.1, 0.15) is 0 Å². The first kappa shape index (κ1) is 29.1. The number of thioether (sulfide) groups is 1. The highest BCUT2D eigenvalue weighted by Crippen LogP contribution is 2.43. The minimum Gasteiger partial charge on any atom is -0.392 e. The van der Waals surface area contributed by atoms with Crippen LogP contribution in [-0.4, -0.2) is 49.0 Å². The molecule has 0 aliphatic carbocycles. The van der Waals surface area contributed by atoms with Crippen molar-refractivity contribution in [2.45, 2.75) is 37.2 Å². The Morgan fingerprint density at radius 3 is 2.20 bits per heavy atom. The molecule has 1 N–H and O–H groups in total. The van der Waals surface area contributed by atoms with Gasteiger partial charge >= 0.3 is 0 Å². The van der Waals surface area contributed by atoms with E-state index in [1.54, 1.807) is 47.1 Å². The lowest BCUT2D eigenvalue weighted by Crippen LogP contribution is -2.38.